The van der Waals surface area contributed by atoms with Gasteiger partial charge < -0.3 is 0 Å². The van der Waals surface area contributed by atoms with Crippen molar-refractivity contribution in [2.45, 2.75) is 78.6 Å². The average Bonchev–Trinajstić information content (AvgIpc) is 2.92. The van der Waals surface area contributed by atoms with Crippen molar-refractivity contribution in [3.05, 3.63) is 11.6 Å². The highest BCUT2D eigenvalue weighted by molar-refractivity contribution is 5.92. The summed E-state index contributed by atoms with van der Waals surface area (Å²) in [6.45, 7) is 7.38. The highest BCUT2D eigenvalue weighted by atomic mass is 16.1. The normalized spacial score (nSPS) is 48.8. The highest BCUT2D eigenvalue weighted by Gasteiger charge is 2.60. The minimum atomic E-state index is 0.0954. The van der Waals surface area contributed by atoms with Gasteiger partial charge in [-0.3, -0.25) is 4.79 Å². The molecule has 0 amide bonds. The molecule has 4 rings (SSSR count). The van der Waals surface area contributed by atoms with Crippen molar-refractivity contribution >= 4 is 5.78 Å². The SMILES string of the molecule is CC[C@H]1CC[C@H]2[C@@H]3CCC4=CC(=O)CC(CC#N)[C@]4(C)[C@H]3CC[C@]12C. The lowest BCUT2D eigenvalue weighted by molar-refractivity contribution is -0.121. The zero-order chi connectivity index (χ0) is 17.8. The first-order chi connectivity index (χ1) is 11.9. The molecule has 0 bridgehead atoms. The Hall–Kier alpha value is -1.10. The number of hydrogen-bond donors (Lipinski definition) is 0. The van der Waals surface area contributed by atoms with Crippen molar-refractivity contribution in [3.63, 3.8) is 0 Å². The zero-order valence-electron chi connectivity index (χ0n) is 16.2. The molecule has 2 heteroatoms. The second kappa shape index (κ2) is 5.97. The molecular weight excluding hydrogens is 306 g/mol. The Morgan fingerprint density at radius 1 is 1.16 bits per heavy atom. The van der Waals surface area contributed by atoms with E-state index in [-0.39, 0.29) is 17.1 Å². The predicted octanol–water partition coefficient (Wildman–Crippen LogP) is 5.68. The molecule has 0 heterocycles. The van der Waals surface area contributed by atoms with Crippen LogP contribution in [-0.4, -0.2) is 5.78 Å². The second-order valence-corrected chi connectivity index (χ2v) is 9.82. The first-order valence-corrected chi connectivity index (χ1v) is 10.6. The molecule has 3 fully saturated rings. The van der Waals surface area contributed by atoms with E-state index >= 15 is 0 Å². The fraction of sp³-hybridized carbons (Fsp3) is 0.826. The highest BCUT2D eigenvalue weighted by Crippen LogP contribution is 2.68. The number of allylic oxidation sites excluding steroid dienone is 1. The third-order valence-electron chi connectivity index (χ3n) is 9.30. The molecule has 0 spiro atoms. The Balaban J connectivity index is 1.71. The van der Waals surface area contributed by atoms with Gasteiger partial charge in [-0.05, 0) is 85.0 Å². The summed E-state index contributed by atoms with van der Waals surface area (Å²) in [7, 11) is 0. The Kier molecular flexibility index (Phi) is 4.13. The predicted molar refractivity (Wildman–Crippen MR) is 99.6 cm³/mol. The zero-order valence-corrected chi connectivity index (χ0v) is 16.2. The van der Waals surface area contributed by atoms with Crippen LogP contribution in [0.25, 0.3) is 0 Å². The van der Waals surface area contributed by atoms with Gasteiger partial charge in [-0.15, -0.1) is 0 Å². The van der Waals surface area contributed by atoms with Crippen LogP contribution < -0.4 is 0 Å². The van der Waals surface area contributed by atoms with E-state index in [1.807, 2.05) is 6.08 Å². The van der Waals surface area contributed by atoms with Gasteiger partial charge in [0.05, 0.1) is 6.07 Å². The van der Waals surface area contributed by atoms with Crippen LogP contribution >= 0.6 is 0 Å². The lowest BCUT2D eigenvalue weighted by Crippen LogP contribution is -2.53. The van der Waals surface area contributed by atoms with Crippen LogP contribution in [0, 0.1) is 51.8 Å². The topological polar surface area (TPSA) is 40.9 Å². The molecule has 0 aromatic carbocycles. The minimum Gasteiger partial charge on any atom is -0.295 e. The largest absolute Gasteiger partial charge is 0.295 e. The lowest BCUT2D eigenvalue weighted by Gasteiger charge is -2.60. The third kappa shape index (κ3) is 2.30. The molecule has 0 saturated heterocycles. The fourth-order valence-corrected chi connectivity index (χ4v) is 7.94. The second-order valence-electron chi connectivity index (χ2n) is 9.82. The van der Waals surface area contributed by atoms with E-state index in [1.165, 1.54) is 44.1 Å². The number of ketones is 1. The number of carbonyl (C=O) groups excluding carboxylic acids is 1. The van der Waals surface area contributed by atoms with Gasteiger partial charge in [-0.1, -0.05) is 32.8 Å². The quantitative estimate of drug-likeness (QED) is 0.649. The van der Waals surface area contributed by atoms with E-state index in [0.29, 0.717) is 24.2 Å². The molecule has 0 N–H and O–H groups in total. The molecular formula is C23H33NO. The van der Waals surface area contributed by atoms with Crippen molar-refractivity contribution in [2.24, 2.45) is 40.4 Å². The van der Waals surface area contributed by atoms with E-state index in [0.717, 1.165) is 24.2 Å². The molecule has 1 unspecified atom stereocenters. The van der Waals surface area contributed by atoms with Crippen molar-refractivity contribution in [2.75, 3.05) is 0 Å². The van der Waals surface area contributed by atoms with Crippen LogP contribution in [0.3, 0.4) is 0 Å². The van der Waals surface area contributed by atoms with E-state index in [1.54, 1.807) is 0 Å². The summed E-state index contributed by atoms with van der Waals surface area (Å²) < 4.78 is 0. The Morgan fingerprint density at radius 2 is 1.96 bits per heavy atom. The minimum absolute atomic E-state index is 0.0954. The lowest BCUT2D eigenvalue weighted by atomic mass is 9.44. The summed E-state index contributed by atoms with van der Waals surface area (Å²) in [5.74, 6) is 3.78. The van der Waals surface area contributed by atoms with Crippen LogP contribution in [0.4, 0.5) is 0 Å². The molecule has 0 radical (unpaired) electrons. The van der Waals surface area contributed by atoms with Gasteiger partial charge >= 0.3 is 0 Å². The van der Waals surface area contributed by atoms with Crippen LogP contribution in [0.1, 0.15) is 78.6 Å². The van der Waals surface area contributed by atoms with Crippen LogP contribution in [0.15, 0.2) is 11.6 Å². The smallest absolute Gasteiger partial charge is 0.156 e. The first kappa shape index (κ1) is 17.3. The van der Waals surface area contributed by atoms with Gasteiger partial charge in [0.1, 0.15) is 0 Å². The Bertz CT molecular complexity index is 643. The summed E-state index contributed by atoms with van der Waals surface area (Å²) >= 11 is 0. The molecule has 0 aromatic rings. The van der Waals surface area contributed by atoms with Crippen LogP contribution in [-0.2, 0) is 4.79 Å². The first-order valence-electron chi connectivity index (χ1n) is 10.6. The Morgan fingerprint density at radius 3 is 2.68 bits per heavy atom. The maximum absolute atomic E-state index is 12.2. The van der Waals surface area contributed by atoms with Gasteiger partial charge in [-0.25, -0.2) is 0 Å². The number of nitriles is 1. The van der Waals surface area contributed by atoms with Crippen molar-refractivity contribution < 1.29 is 4.79 Å². The van der Waals surface area contributed by atoms with Crippen molar-refractivity contribution in [1.29, 1.82) is 5.26 Å². The molecule has 4 aliphatic rings. The van der Waals surface area contributed by atoms with Gasteiger partial charge in [0.25, 0.3) is 0 Å². The molecule has 25 heavy (non-hydrogen) atoms. The molecule has 0 aliphatic heterocycles. The monoisotopic (exact) mass is 339 g/mol. The van der Waals surface area contributed by atoms with E-state index in [4.69, 9.17) is 0 Å². The van der Waals surface area contributed by atoms with Gasteiger partial charge in [0, 0.05) is 12.8 Å². The number of nitrogens with zero attached hydrogens (tertiary/aromatic N) is 1. The molecule has 0 aromatic heterocycles. The molecule has 136 valence electrons. The van der Waals surface area contributed by atoms with E-state index in [9.17, 15) is 10.1 Å². The third-order valence-corrected chi connectivity index (χ3v) is 9.30. The summed E-state index contributed by atoms with van der Waals surface area (Å²) in [6, 6.07) is 2.40. The molecule has 7 atom stereocenters. The summed E-state index contributed by atoms with van der Waals surface area (Å²) in [5.41, 5.74) is 2.03. The van der Waals surface area contributed by atoms with Gasteiger partial charge in [0.15, 0.2) is 5.78 Å². The van der Waals surface area contributed by atoms with Gasteiger partial charge in [0.2, 0.25) is 0 Å². The number of hydrogen-bond acceptors (Lipinski definition) is 2. The summed E-state index contributed by atoms with van der Waals surface area (Å²) in [5, 5.41) is 9.38. The van der Waals surface area contributed by atoms with Crippen LogP contribution in [0.2, 0.25) is 0 Å². The molecule has 4 aliphatic carbocycles. The Labute approximate surface area is 153 Å². The number of carbonyl (C=O) groups is 1. The van der Waals surface area contributed by atoms with Crippen molar-refractivity contribution in [1.82, 2.24) is 0 Å². The van der Waals surface area contributed by atoms with E-state index in [2.05, 4.69) is 26.8 Å². The maximum atomic E-state index is 12.2. The maximum Gasteiger partial charge on any atom is 0.156 e. The molecule has 3 saturated carbocycles. The molecule has 2 nitrogen and oxygen atoms in total. The number of rotatable bonds is 2. The number of fused-ring (bicyclic) bond motifs is 5. The van der Waals surface area contributed by atoms with Crippen molar-refractivity contribution in [3.8, 4) is 6.07 Å². The van der Waals surface area contributed by atoms with Crippen LogP contribution in [0.5, 0.6) is 0 Å². The van der Waals surface area contributed by atoms with Gasteiger partial charge in [-0.2, -0.15) is 5.26 Å². The van der Waals surface area contributed by atoms with E-state index < -0.39 is 0 Å². The standard InChI is InChI=1S/C23H33NO/c1-4-15-6-8-20-19-7-5-16-13-18(25)14-17(10-12-24)23(16,3)21(19)9-11-22(15,20)2/h13,15,17,19-21H,4-11,14H2,1-3H3/t15-,17?,19-,20-,21-,22+,23+/m0/s1. The average molecular weight is 340 g/mol. The summed E-state index contributed by atoms with van der Waals surface area (Å²) in [4.78, 5) is 12.2. The fourth-order valence-electron chi connectivity index (χ4n) is 7.94. The summed E-state index contributed by atoms with van der Waals surface area (Å²) in [6.07, 6.45) is 12.3.